The van der Waals surface area contributed by atoms with Gasteiger partial charge in [-0.25, -0.2) is 9.37 Å². The van der Waals surface area contributed by atoms with Crippen LogP contribution in [0.1, 0.15) is 48.1 Å². The van der Waals surface area contributed by atoms with Crippen LogP contribution in [-0.2, 0) is 4.79 Å². The smallest absolute Gasteiger partial charge is 0.232 e. The molecule has 2 aromatic rings. The Hall–Kier alpha value is -1.53. The molecular formula is C16H17ClFN3OS. The van der Waals surface area contributed by atoms with Gasteiger partial charge in [0.2, 0.25) is 5.91 Å². The summed E-state index contributed by atoms with van der Waals surface area (Å²) in [6, 6.07) is 1.06. The first kappa shape index (κ1) is 16.3. The predicted octanol–water partition coefficient (Wildman–Crippen LogP) is 4.11. The maximum atomic E-state index is 14.3. The average Bonchev–Trinajstić information content (AvgIpc) is 3.17. The van der Waals surface area contributed by atoms with Gasteiger partial charge in [-0.15, -0.1) is 11.3 Å². The number of halogens is 2. The fraction of sp³-hybridized carbons (Fsp3) is 0.438. The van der Waals surface area contributed by atoms with Gasteiger partial charge in [0.1, 0.15) is 10.7 Å². The van der Waals surface area contributed by atoms with Gasteiger partial charge in [0.15, 0.2) is 5.82 Å². The van der Waals surface area contributed by atoms with E-state index in [0.29, 0.717) is 13.0 Å². The molecule has 2 atom stereocenters. The van der Waals surface area contributed by atoms with Crippen LogP contribution in [0.2, 0.25) is 5.02 Å². The number of hydrogen-bond donors (Lipinski definition) is 0. The van der Waals surface area contributed by atoms with Crippen LogP contribution in [0.25, 0.3) is 0 Å². The van der Waals surface area contributed by atoms with E-state index in [2.05, 4.69) is 9.97 Å². The van der Waals surface area contributed by atoms with Gasteiger partial charge in [0, 0.05) is 23.8 Å². The second-order valence-electron chi connectivity index (χ2n) is 5.73. The normalized spacial score (nSPS) is 19.1. The lowest BCUT2D eigenvalue weighted by Crippen LogP contribution is -2.34. The molecule has 1 aliphatic heterocycles. The summed E-state index contributed by atoms with van der Waals surface area (Å²) in [4.78, 5) is 23.1. The summed E-state index contributed by atoms with van der Waals surface area (Å²) in [5.74, 6) is -0.906. The Morgan fingerprint density at radius 1 is 1.57 bits per heavy atom. The first-order valence-electron chi connectivity index (χ1n) is 7.51. The van der Waals surface area contributed by atoms with Crippen molar-refractivity contribution in [3.63, 3.8) is 0 Å². The van der Waals surface area contributed by atoms with Crippen molar-refractivity contribution in [1.82, 2.24) is 14.9 Å². The van der Waals surface area contributed by atoms with Crippen molar-refractivity contribution < 1.29 is 9.18 Å². The first-order valence-corrected chi connectivity index (χ1v) is 8.77. The number of carbonyl (C=O) groups excluding carboxylic acids is 1. The molecule has 1 saturated heterocycles. The van der Waals surface area contributed by atoms with Crippen molar-refractivity contribution in [2.45, 2.75) is 38.6 Å². The molecule has 0 aromatic carbocycles. The Labute approximate surface area is 143 Å². The Balaban J connectivity index is 1.86. The molecule has 0 aliphatic carbocycles. The third-order valence-electron chi connectivity index (χ3n) is 4.10. The van der Waals surface area contributed by atoms with Crippen LogP contribution < -0.4 is 0 Å². The summed E-state index contributed by atoms with van der Waals surface area (Å²) >= 11 is 7.33. The zero-order chi connectivity index (χ0) is 16.6. The number of rotatable bonds is 3. The van der Waals surface area contributed by atoms with E-state index in [9.17, 15) is 9.18 Å². The fourth-order valence-electron chi connectivity index (χ4n) is 2.91. The van der Waals surface area contributed by atoms with Gasteiger partial charge in [0.25, 0.3) is 0 Å². The summed E-state index contributed by atoms with van der Waals surface area (Å²) in [6.45, 7) is 4.35. The standard InChI is InChI=1S/C16H17ClFN3OS/c1-9-8-23-15(20-9)10(2)16(22)21-7-3-4-12(21)14-13(18)11(17)5-6-19-14/h5-6,8,10,12H,3-4,7H2,1-2H3. The number of hydrogen-bond acceptors (Lipinski definition) is 4. The SMILES string of the molecule is Cc1csc(C(C)C(=O)N2CCCC2c2nccc(Cl)c2F)n1. The summed E-state index contributed by atoms with van der Waals surface area (Å²) in [6.07, 6.45) is 3.00. The maximum Gasteiger partial charge on any atom is 0.232 e. The minimum absolute atomic E-state index is 0.0389. The molecule has 0 saturated carbocycles. The van der Waals surface area contributed by atoms with Crippen molar-refractivity contribution in [3.8, 4) is 0 Å². The van der Waals surface area contributed by atoms with Crippen LogP contribution in [-0.4, -0.2) is 27.3 Å². The van der Waals surface area contributed by atoms with E-state index >= 15 is 0 Å². The van der Waals surface area contributed by atoms with Crippen LogP contribution in [0.5, 0.6) is 0 Å². The van der Waals surface area contributed by atoms with Crippen molar-refractivity contribution in [2.75, 3.05) is 6.54 Å². The Morgan fingerprint density at radius 2 is 2.35 bits per heavy atom. The number of pyridine rings is 1. The monoisotopic (exact) mass is 353 g/mol. The third-order valence-corrected chi connectivity index (χ3v) is 5.54. The molecule has 0 radical (unpaired) electrons. The molecule has 0 bridgehead atoms. The van der Waals surface area contributed by atoms with E-state index in [1.54, 1.807) is 4.90 Å². The summed E-state index contributed by atoms with van der Waals surface area (Å²) in [5, 5.41) is 2.76. The molecule has 3 heterocycles. The van der Waals surface area contributed by atoms with Gasteiger partial charge in [-0.1, -0.05) is 11.6 Å². The van der Waals surface area contributed by atoms with Crippen LogP contribution in [0.4, 0.5) is 4.39 Å². The molecule has 3 rings (SSSR count). The van der Waals surface area contributed by atoms with Crippen molar-refractivity contribution in [2.24, 2.45) is 0 Å². The molecule has 0 spiro atoms. The number of likely N-dealkylation sites (tertiary alicyclic amines) is 1. The Bertz CT molecular complexity index is 736. The zero-order valence-corrected chi connectivity index (χ0v) is 14.5. The number of carbonyl (C=O) groups is 1. The highest BCUT2D eigenvalue weighted by Gasteiger charge is 2.36. The molecular weight excluding hydrogens is 337 g/mol. The average molecular weight is 354 g/mol. The molecule has 7 heteroatoms. The van der Waals surface area contributed by atoms with Crippen molar-refractivity contribution in [1.29, 1.82) is 0 Å². The Morgan fingerprint density at radius 3 is 3.04 bits per heavy atom. The molecule has 23 heavy (non-hydrogen) atoms. The van der Waals surface area contributed by atoms with Gasteiger partial charge >= 0.3 is 0 Å². The minimum atomic E-state index is -0.531. The van der Waals surface area contributed by atoms with Crippen LogP contribution in [0.15, 0.2) is 17.6 Å². The van der Waals surface area contributed by atoms with Crippen LogP contribution in [0.3, 0.4) is 0 Å². The second kappa shape index (κ2) is 6.53. The number of nitrogens with zero attached hydrogens (tertiary/aromatic N) is 3. The van der Waals surface area contributed by atoms with Gasteiger partial charge < -0.3 is 4.90 Å². The summed E-state index contributed by atoms with van der Waals surface area (Å²) in [5.41, 5.74) is 1.16. The van der Waals surface area contributed by atoms with E-state index in [1.807, 2.05) is 19.2 Å². The largest absolute Gasteiger partial charge is 0.333 e. The topological polar surface area (TPSA) is 46.1 Å². The number of thiazole rings is 1. The van der Waals surface area contributed by atoms with Gasteiger partial charge in [0.05, 0.1) is 17.0 Å². The van der Waals surface area contributed by atoms with Crippen LogP contribution in [0, 0.1) is 12.7 Å². The maximum absolute atomic E-state index is 14.3. The van der Waals surface area contributed by atoms with Crippen molar-refractivity contribution >= 4 is 28.8 Å². The molecule has 1 amide bonds. The molecule has 1 fully saturated rings. The third kappa shape index (κ3) is 3.10. The van der Waals surface area contributed by atoms with Gasteiger partial charge in [-0.3, -0.25) is 9.78 Å². The van der Waals surface area contributed by atoms with E-state index < -0.39 is 5.82 Å². The lowest BCUT2D eigenvalue weighted by atomic mass is 10.1. The van der Waals surface area contributed by atoms with E-state index in [1.165, 1.54) is 23.6 Å². The summed E-state index contributed by atoms with van der Waals surface area (Å²) in [7, 11) is 0. The molecule has 4 nitrogen and oxygen atoms in total. The highest BCUT2D eigenvalue weighted by atomic mass is 35.5. The lowest BCUT2D eigenvalue weighted by molar-refractivity contribution is -0.133. The van der Waals surface area contributed by atoms with Crippen molar-refractivity contribution in [3.05, 3.63) is 44.9 Å². The molecule has 1 aliphatic rings. The molecule has 2 unspecified atom stereocenters. The van der Waals surface area contributed by atoms with E-state index in [-0.39, 0.29) is 28.6 Å². The number of amides is 1. The quantitative estimate of drug-likeness (QED) is 0.834. The molecule has 2 aromatic heterocycles. The molecule has 122 valence electrons. The molecule has 0 N–H and O–H groups in total. The van der Waals surface area contributed by atoms with Gasteiger partial charge in [-0.05, 0) is 32.8 Å². The zero-order valence-electron chi connectivity index (χ0n) is 12.9. The highest BCUT2D eigenvalue weighted by Crippen LogP contribution is 2.36. The highest BCUT2D eigenvalue weighted by molar-refractivity contribution is 7.09. The fourth-order valence-corrected chi connectivity index (χ4v) is 3.91. The number of aryl methyl sites for hydroxylation is 1. The van der Waals surface area contributed by atoms with E-state index in [0.717, 1.165) is 17.1 Å². The minimum Gasteiger partial charge on any atom is -0.333 e. The number of aromatic nitrogens is 2. The van der Waals surface area contributed by atoms with Crippen LogP contribution >= 0.6 is 22.9 Å². The van der Waals surface area contributed by atoms with E-state index in [4.69, 9.17) is 11.6 Å². The predicted molar refractivity (Wildman–Crippen MR) is 88.2 cm³/mol. The summed E-state index contributed by atoms with van der Waals surface area (Å²) < 4.78 is 14.3. The Kier molecular flexibility index (Phi) is 4.64. The van der Waals surface area contributed by atoms with Gasteiger partial charge in [-0.2, -0.15) is 0 Å². The first-order chi connectivity index (χ1) is 11.0. The lowest BCUT2D eigenvalue weighted by Gasteiger charge is -2.27. The second-order valence-corrected chi connectivity index (χ2v) is 7.03.